The van der Waals surface area contributed by atoms with Crippen molar-refractivity contribution in [2.45, 2.75) is 18.6 Å². The van der Waals surface area contributed by atoms with Gasteiger partial charge in [-0.15, -0.1) is 0 Å². The Labute approximate surface area is 112 Å². The molecule has 1 aliphatic rings. The Morgan fingerprint density at radius 3 is 2.58 bits per heavy atom. The van der Waals surface area contributed by atoms with Crippen molar-refractivity contribution in [2.24, 2.45) is 0 Å². The van der Waals surface area contributed by atoms with Crippen molar-refractivity contribution in [3.05, 3.63) is 65.5 Å². The van der Waals surface area contributed by atoms with Gasteiger partial charge >= 0.3 is 0 Å². The minimum atomic E-state index is -0.214. The van der Waals surface area contributed by atoms with Gasteiger partial charge in [-0.1, -0.05) is 30.3 Å². The second-order valence-electron chi connectivity index (χ2n) is 4.79. The minimum absolute atomic E-state index is 0.0489. The number of nitrogens with one attached hydrogen (secondary N) is 1. The third-order valence-electron chi connectivity index (χ3n) is 3.58. The first-order valence-electron chi connectivity index (χ1n) is 6.45. The Morgan fingerprint density at radius 2 is 1.89 bits per heavy atom. The average molecular weight is 257 g/mol. The highest BCUT2D eigenvalue weighted by Gasteiger charge is 2.30. The summed E-state index contributed by atoms with van der Waals surface area (Å²) in [7, 11) is 1.90. The van der Waals surface area contributed by atoms with E-state index in [0.29, 0.717) is 0 Å². The van der Waals surface area contributed by atoms with Crippen molar-refractivity contribution in [3.8, 4) is 5.75 Å². The first kappa shape index (κ1) is 12.2. The number of hydrogen-bond donors (Lipinski definition) is 1. The summed E-state index contributed by atoms with van der Waals surface area (Å²) in [4.78, 5) is 0. The van der Waals surface area contributed by atoms with Crippen LogP contribution < -0.4 is 10.1 Å². The molecule has 0 amide bonds. The van der Waals surface area contributed by atoms with Gasteiger partial charge in [0.05, 0.1) is 6.04 Å². The molecule has 0 saturated heterocycles. The lowest BCUT2D eigenvalue weighted by molar-refractivity contribution is 0.183. The largest absolute Gasteiger partial charge is 0.488 e. The van der Waals surface area contributed by atoms with Crippen molar-refractivity contribution in [1.82, 2.24) is 5.32 Å². The highest BCUT2D eigenvalue weighted by Crippen LogP contribution is 2.33. The molecule has 1 heterocycles. The second-order valence-corrected chi connectivity index (χ2v) is 4.79. The Morgan fingerprint density at radius 1 is 1.16 bits per heavy atom. The maximum atomic E-state index is 13.0. The van der Waals surface area contributed by atoms with E-state index in [9.17, 15) is 4.39 Å². The van der Waals surface area contributed by atoms with Gasteiger partial charge < -0.3 is 10.1 Å². The third-order valence-corrected chi connectivity index (χ3v) is 3.58. The fourth-order valence-corrected chi connectivity index (χ4v) is 2.63. The van der Waals surface area contributed by atoms with Crippen LogP contribution in [0.3, 0.4) is 0 Å². The first-order chi connectivity index (χ1) is 9.28. The van der Waals surface area contributed by atoms with Crippen LogP contribution in [-0.2, 0) is 6.42 Å². The SMILES string of the molecule is CNC(c1ccc(F)cc1)C1Cc2ccccc2O1. The predicted molar refractivity (Wildman–Crippen MR) is 72.8 cm³/mol. The van der Waals surface area contributed by atoms with E-state index >= 15 is 0 Å². The van der Waals surface area contributed by atoms with Gasteiger partial charge in [-0.05, 0) is 36.4 Å². The Hall–Kier alpha value is -1.87. The van der Waals surface area contributed by atoms with E-state index in [-0.39, 0.29) is 18.0 Å². The highest BCUT2D eigenvalue weighted by atomic mass is 19.1. The van der Waals surface area contributed by atoms with Crippen molar-refractivity contribution in [2.75, 3.05) is 7.05 Å². The summed E-state index contributed by atoms with van der Waals surface area (Å²) in [5, 5.41) is 3.27. The molecule has 1 aliphatic heterocycles. The molecule has 0 radical (unpaired) electrons. The van der Waals surface area contributed by atoms with Gasteiger partial charge in [0.15, 0.2) is 0 Å². The van der Waals surface area contributed by atoms with E-state index < -0.39 is 0 Å². The van der Waals surface area contributed by atoms with Crippen LogP contribution in [0.15, 0.2) is 48.5 Å². The summed E-state index contributed by atoms with van der Waals surface area (Å²) < 4.78 is 19.0. The van der Waals surface area contributed by atoms with Crippen molar-refractivity contribution in [3.63, 3.8) is 0 Å². The van der Waals surface area contributed by atoms with Crippen LogP contribution in [0.5, 0.6) is 5.75 Å². The predicted octanol–water partition coefficient (Wildman–Crippen LogP) is 3.09. The molecule has 0 aliphatic carbocycles. The summed E-state index contributed by atoms with van der Waals surface area (Å²) in [5.41, 5.74) is 2.27. The molecule has 2 aromatic rings. The normalized spacial score (nSPS) is 18.7. The molecule has 3 heteroatoms. The van der Waals surface area contributed by atoms with Crippen LogP contribution in [0, 0.1) is 5.82 Å². The molecule has 1 N–H and O–H groups in total. The Bertz CT molecular complexity index is 542. The molecule has 0 aromatic heterocycles. The van der Waals surface area contributed by atoms with Crippen LogP contribution in [0.4, 0.5) is 4.39 Å². The van der Waals surface area contributed by atoms with E-state index in [1.54, 1.807) is 0 Å². The van der Waals surface area contributed by atoms with E-state index in [2.05, 4.69) is 11.4 Å². The molecule has 0 spiro atoms. The zero-order valence-corrected chi connectivity index (χ0v) is 10.8. The van der Waals surface area contributed by atoms with Gasteiger partial charge in [0.1, 0.15) is 17.7 Å². The molecule has 2 aromatic carbocycles. The third kappa shape index (κ3) is 2.34. The molecule has 2 atom stereocenters. The topological polar surface area (TPSA) is 21.3 Å². The van der Waals surface area contributed by atoms with Gasteiger partial charge in [0.25, 0.3) is 0 Å². The maximum Gasteiger partial charge on any atom is 0.123 e. The van der Waals surface area contributed by atoms with Crippen LogP contribution >= 0.6 is 0 Å². The summed E-state index contributed by atoms with van der Waals surface area (Å²) in [6.45, 7) is 0. The molecule has 3 rings (SSSR count). The smallest absolute Gasteiger partial charge is 0.123 e. The second kappa shape index (κ2) is 5.02. The number of halogens is 1. The molecule has 0 fully saturated rings. The van der Waals surface area contributed by atoms with E-state index in [1.807, 2.05) is 37.4 Å². The first-order valence-corrected chi connectivity index (χ1v) is 6.45. The average Bonchev–Trinajstić information content (AvgIpc) is 2.85. The molecule has 98 valence electrons. The number of benzene rings is 2. The van der Waals surface area contributed by atoms with Crippen LogP contribution in [0.1, 0.15) is 17.2 Å². The number of rotatable bonds is 3. The fourth-order valence-electron chi connectivity index (χ4n) is 2.63. The lowest BCUT2D eigenvalue weighted by atomic mass is 9.98. The highest BCUT2D eigenvalue weighted by molar-refractivity contribution is 5.38. The van der Waals surface area contributed by atoms with Gasteiger partial charge in [0, 0.05) is 6.42 Å². The molecule has 0 bridgehead atoms. The van der Waals surface area contributed by atoms with E-state index in [0.717, 1.165) is 17.7 Å². The van der Waals surface area contributed by atoms with Crippen molar-refractivity contribution in [1.29, 1.82) is 0 Å². The quantitative estimate of drug-likeness (QED) is 0.912. The lowest BCUT2D eigenvalue weighted by Crippen LogP contribution is -2.32. The summed E-state index contributed by atoms with van der Waals surface area (Å²) in [5.74, 6) is 0.740. The monoisotopic (exact) mass is 257 g/mol. The standard InChI is InChI=1S/C16H16FNO/c1-18-16(11-6-8-13(17)9-7-11)15-10-12-4-2-3-5-14(12)19-15/h2-9,15-16,18H,10H2,1H3. The van der Waals surface area contributed by atoms with Crippen LogP contribution in [-0.4, -0.2) is 13.2 Å². The van der Waals surface area contributed by atoms with Crippen molar-refractivity contribution < 1.29 is 9.13 Å². The van der Waals surface area contributed by atoms with Crippen LogP contribution in [0.2, 0.25) is 0 Å². The molecular formula is C16H16FNO. The Balaban J connectivity index is 1.83. The molecule has 0 saturated carbocycles. The number of hydrogen-bond acceptors (Lipinski definition) is 2. The van der Waals surface area contributed by atoms with E-state index in [1.165, 1.54) is 17.7 Å². The summed E-state index contributed by atoms with van der Waals surface area (Å²) in [6.07, 6.45) is 0.923. The molecule has 19 heavy (non-hydrogen) atoms. The minimum Gasteiger partial charge on any atom is -0.488 e. The van der Waals surface area contributed by atoms with Gasteiger partial charge in [-0.3, -0.25) is 0 Å². The van der Waals surface area contributed by atoms with Crippen molar-refractivity contribution >= 4 is 0 Å². The molecular weight excluding hydrogens is 241 g/mol. The Kier molecular flexibility index (Phi) is 3.22. The fraction of sp³-hybridized carbons (Fsp3) is 0.250. The molecule has 2 nitrogen and oxygen atoms in total. The lowest BCUT2D eigenvalue weighted by Gasteiger charge is -2.23. The van der Waals surface area contributed by atoms with Crippen LogP contribution in [0.25, 0.3) is 0 Å². The van der Waals surface area contributed by atoms with Gasteiger partial charge in [-0.2, -0.15) is 0 Å². The zero-order chi connectivity index (χ0) is 13.2. The molecule has 2 unspecified atom stereocenters. The van der Waals surface area contributed by atoms with Gasteiger partial charge in [-0.25, -0.2) is 4.39 Å². The number of fused-ring (bicyclic) bond motifs is 1. The van der Waals surface area contributed by atoms with E-state index in [4.69, 9.17) is 4.74 Å². The summed E-state index contributed by atoms with van der Waals surface area (Å²) in [6, 6.07) is 14.7. The zero-order valence-electron chi connectivity index (χ0n) is 10.8. The summed E-state index contributed by atoms with van der Waals surface area (Å²) >= 11 is 0. The number of para-hydroxylation sites is 1. The van der Waals surface area contributed by atoms with Gasteiger partial charge in [0.2, 0.25) is 0 Å². The number of likely N-dealkylation sites (N-methyl/N-ethyl adjacent to an activating group) is 1. The maximum absolute atomic E-state index is 13.0. The number of ether oxygens (including phenoxy) is 1.